The van der Waals surface area contributed by atoms with E-state index < -0.39 is 0 Å². The molecule has 0 amide bonds. The summed E-state index contributed by atoms with van der Waals surface area (Å²) < 4.78 is 12.2. The van der Waals surface area contributed by atoms with Gasteiger partial charge in [0.25, 0.3) is 0 Å². The van der Waals surface area contributed by atoms with Crippen molar-refractivity contribution in [2.75, 3.05) is 12.9 Å². The zero-order valence-corrected chi connectivity index (χ0v) is 15.1. The van der Waals surface area contributed by atoms with Crippen molar-refractivity contribution in [1.29, 1.82) is 0 Å². The second-order valence-corrected chi connectivity index (χ2v) is 6.24. The number of halogens is 1. The number of benzene rings is 1. The maximum Gasteiger partial charge on any atom is 0.316 e. The molecule has 8 heteroatoms. The van der Waals surface area contributed by atoms with Crippen LogP contribution in [0.2, 0.25) is 5.02 Å². The van der Waals surface area contributed by atoms with Crippen LogP contribution in [0, 0.1) is 6.92 Å². The molecule has 6 nitrogen and oxygen atoms in total. The lowest BCUT2D eigenvalue weighted by Gasteiger charge is -2.10. The predicted octanol–water partition coefficient (Wildman–Crippen LogP) is 3.27. The van der Waals surface area contributed by atoms with Crippen molar-refractivity contribution in [2.24, 2.45) is 0 Å². The lowest BCUT2D eigenvalue weighted by Crippen LogP contribution is -2.09. The number of aryl methyl sites for hydroxylation is 1. The Hall–Kier alpha value is -1.99. The molecule has 0 atom stereocenters. The molecule has 0 fully saturated rings. The molecule has 2 aromatic rings. The minimum absolute atomic E-state index is 0.163. The van der Waals surface area contributed by atoms with Gasteiger partial charge in [-0.2, -0.15) is 0 Å². The SMILES string of the molecule is C=CCn1c(COc2cc(C)ccc2Cl)nnc1SCC(=O)OC. The highest BCUT2D eigenvalue weighted by atomic mass is 35.5. The Balaban J connectivity index is 2.11. The molecule has 2 rings (SSSR count). The molecule has 24 heavy (non-hydrogen) atoms. The molecule has 1 heterocycles. The Bertz CT molecular complexity index is 733. The van der Waals surface area contributed by atoms with E-state index in [9.17, 15) is 4.79 Å². The minimum Gasteiger partial charge on any atom is -0.484 e. The minimum atomic E-state index is -0.322. The molecule has 0 radical (unpaired) electrons. The van der Waals surface area contributed by atoms with Gasteiger partial charge in [0.1, 0.15) is 12.4 Å². The number of carbonyl (C=O) groups is 1. The van der Waals surface area contributed by atoms with Crippen molar-refractivity contribution in [3.63, 3.8) is 0 Å². The monoisotopic (exact) mass is 367 g/mol. The number of aromatic nitrogens is 3. The van der Waals surface area contributed by atoms with Gasteiger partial charge >= 0.3 is 5.97 Å². The van der Waals surface area contributed by atoms with Gasteiger partial charge in [0, 0.05) is 6.54 Å². The van der Waals surface area contributed by atoms with E-state index in [2.05, 4.69) is 21.5 Å². The highest BCUT2D eigenvalue weighted by Crippen LogP contribution is 2.26. The number of thioether (sulfide) groups is 1. The first kappa shape index (κ1) is 18.4. The first-order chi connectivity index (χ1) is 11.5. The van der Waals surface area contributed by atoms with Gasteiger partial charge in [-0.1, -0.05) is 35.5 Å². The fraction of sp³-hybridized carbons (Fsp3) is 0.312. The van der Waals surface area contributed by atoms with E-state index >= 15 is 0 Å². The molecule has 1 aromatic heterocycles. The Labute approximate surface area is 149 Å². The fourth-order valence-corrected chi connectivity index (χ4v) is 2.86. The largest absolute Gasteiger partial charge is 0.484 e. The Kier molecular flexibility index (Phi) is 6.69. The number of methoxy groups -OCH3 is 1. The average molecular weight is 368 g/mol. The van der Waals surface area contributed by atoms with E-state index in [1.54, 1.807) is 12.1 Å². The molecule has 0 N–H and O–H groups in total. The smallest absolute Gasteiger partial charge is 0.316 e. The summed E-state index contributed by atoms with van der Waals surface area (Å²) in [6, 6.07) is 5.57. The number of hydrogen-bond acceptors (Lipinski definition) is 6. The molecule has 0 aliphatic rings. The van der Waals surface area contributed by atoms with Crippen LogP contribution in [0.3, 0.4) is 0 Å². The summed E-state index contributed by atoms with van der Waals surface area (Å²) >= 11 is 7.38. The summed E-state index contributed by atoms with van der Waals surface area (Å²) in [5.41, 5.74) is 1.05. The third-order valence-electron chi connectivity index (χ3n) is 3.10. The van der Waals surface area contributed by atoms with E-state index in [-0.39, 0.29) is 18.3 Å². The van der Waals surface area contributed by atoms with Crippen LogP contribution in [0.4, 0.5) is 0 Å². The Morgan fingerprint density at radius 3 is 2.96 bits per heavy atom. The molecule has 0 unspecified atom stereocenters. The molecule has 0 saturated heterocycles. The molecule has 0 aliphatic carbocycles. The normalized spacial score (nSPS) is 10.5. The van der Waals surface area contributed by atoms with Crippen LogP contribution in [0.15, 0.2) is 36.0 Å². The number of rotatable bonds is 8. The van der Waals surface area contributed by atoms with Gasteiger partial charge in [0.2, 0.25) is 0 Å². The molecular formula is C16H18ClN3O3S. The van der Waals surface area contributed by atoms with Gasteiger partial charge in [0.05, 0.1) is 17.9 Å². The maximum atomic E-state index is 11.3. The third kappa shape index (κ3) is 4.75. The van der Waals surface area contributed by atoms with Gasteiger partial charge in [-0.25, -0.2) is 0 Å². The van der Waals surface area contributed by atoms with Gasteiger partial charge in [-0.05, 0) is 24.6 Å². The van der Waals surface area contributed by atoms with Crippen LogP contribution in [0.1, 0.15) is 11.4 Å². The lowest BCUT2D eigenvalue weighted by atomic mass is 10.2. The van der Waals surface area contributed by atoms with Gasteiger partial charge in [-0.15, -0.1) is 16.8 Å². The predicted molar refractivity (Wildman–Crippen MR) is 93.5 cm³/mol. The fourth-order valence-electron chi connectivity index (χ4n) is 1.89. The van der Waals surface area contributed by atoms with E-state index in [0.29, 0.717) is 28.3 Å². The average Bonchev–Trinajstić information content (AvgIpc) is 2.96. The first-order valence-corrected chi connectivity index (χ1v) is 8.53. The second-order valence-electron chi connectivity index (χ2n) is 4.89. The zero-order valence-electron chi connectivity index (χ0n) is 13.5. The summed E-state index contributed by atoms with van der Waals surface area (Å²) in [5.74, 6) is 1.06. The van der Waals surface area contributed by atoms with Crippen molar-refractivity contribution >= 4 is 29.3 Å². The number of carbonyl (C=O) groups excluding carboxylic acids is 1. The summed E-state index contributed by atoms with van der Waals surface area (Å²) in [4.78, 5) is 11.3. The van der Waals surface area contributed by atoms with E-state index in [0.717, 1.165) is 5.56 Å². The number of ether oxygens (including phenoxy) is 2. The third-order valence-corrected chi connectivity index (χ3v) is 4.35. The maximum absolute atomic E-state index is 11.3. The van der Waals surface area contributed by atoms with Crippen LogP contribution in [-0.4, -0.2) is 33.6 Å². The number of hydrogen-bond donors (Lipinski definition) is 0. The van der Waals surface area contributed by atoms with Crippen LogP contribution in [0.5, 0.6) is 5.75 Å². The van der Waals surface area contributed by atoms with Crippen LogP contribution in [-0.2, 0) is 22.7 Å². The van der Waals surface area contributed by atoms with Crippen LogP contribution >= 0.6 is 23.4 Å². The molecule has 0 spiro atoms. The standard InChI is InChI=1S/C16H18ClN3O3S/c1-4-7-20-14(18-19-16(20)24-10-15(21)22-3)9-23-13-8-11(2)5-6-12(13)17/h4-6,8H,1,7,9-10H2,2-3H3. The number of esters is 1. The molecule has 1 aromatic carbocycles. The molecule has 0 saturated carbocycles. The molecule has 0 aliphatic heterocycles. The summed E-state index contributed by atoms with van der Waals surface area (Å²) in [6.45, 7) is 6.42. The van der Waals surface area contributed by atoms with Gasteiger partial charge in [0.15, 0.2) is 11.0 Å². The number of allylic oxidation sites excluding steroid dienone is 1. The van der Waals surface area contributed by atoms with Crippen molar-refractivity contribution in [3.8, 4) is 5.75 Å². The van der Waals surface area contributed by atoms with Crippen LogP contribution in [0.25, 0.3) is 0 Å². The topological polar surface area (TPSA) is 66.2 Å². The highest BCUT2D eigenvalue weighted by molar-refractivity contribution is 7.99. The van der Waals surface area contributed by atoms with Crippen LogP contribution < -0.4 is 4.74 Å². The second kappa shape index (κ2) is 8.75. The zero-order chi connectivity index (χ0) is 17.5. The van der Waals surface area contributed by atoms with Crippen molar-refractivity contribution in [2.45, 2.75) is 25.2 Å². The van der Waals surface area contributed by atoms with Crippen molar-refractivity contribution < 1.29 is 14.3 Å². The van der Waals surface area contributed by atoms with Crippen molar-refractivity contribution in [1.82, 2.24) is 14.8 Å². The van der Waals surface area contributed by atoms with E-state index in [4.69, 9.17) is 16.3 Å². The van der Waals surface area contributed by atoms with Crippen molar-refractivity contribution in [3.05, 3.63) is 47.3 Å². The summed E-state index contributed by atoms with van der Waals surface area (Å²) in [7, 11) is 1.35. The number of nitrogens with zero attached hydrogens (tertiary/aromatic N) is 3. The molecular weight excluding hydrogens is 350 g/mol. The first-order valence-electron chi connectivity index (χ1n) is 7.16. The Morgan fingerprint density at radius 1 is 1.46 bits per heavy atom. The highest BCUT2D eigenvalue weighted by Gasteiger charge is 2.14. The summed E-state index contributed by atoms with van der Waals surface area (Å²) in [5, 5.41) is 9.37. The molecule has 0 bridgehead atoms. The van der Waals surface area contributed by atoms with Gasteiger partial charge < -0.3 is 9.47 Å². The van der Waals surface area contributed by atoms with E-state index in [1.165, 1.54) is 18.9 Å². The Morgan fingerprint density at radius 2 is 2.25 bits per heavy atom. The molecule has 128 valence electrons. The van der Waals surface area contributed by atoms with E-state index in [1.807, 2.05) is 23.6 Å². The van der Waals surface area contributed by atoms with Gasteiger partial charge in [-0.3, -0.25) is 9.36 Å². The lowest BCUT2D eigenvalue weighted by molar-refractivity contribution is -0.137. The quantitative estimate of drug-likeness (QED) is 0.405. The summed E-state index contributed by atoms with van der Waals surface area (Å²) in [6.07, 6.45) is 1.73.